The van der Waals surface area contributed by atoms with Gasteiger partial charge in [-0.15, -0.1) is 0 Å². The molecule has 0 saturated heterocycles. The van der Waals surface area contributed by atoms with Crippen LogP contribution in [0, 0.1) is 11.6 Å². The molecule has 0 aliphatic carbocycles. The largest absolute Gasteiger partial charge is 0.365 e. The molecular weight excluding hydrogens is 178 g/mol. The number of hydrogen-bond donors (Lipinski definition) is 2. The minimum atomic E-state index is -1.13. The molecule has 1 amide bonds. The van der Waals surface area contributed by atoms with Gasteiger partial charge in [-0.05, 0) is 17.7 Å². The Kier molecular flexibility index (Phi) is 2.57. The van der Waals surface area contributed by atoms with E-state index in [2.05, 4.69) is 0 Å². The fourth-order valence-electron chi connectivity index (χ4n) is 0.979. The van der Waals surface area contributed by atoms with Gasteiger partial charge in [-0.25, -0.2) is 8.78 Å². The van der Waals surface area contributed by atoms with Crippen LogP contribution in [-0.4, -0.2) is 5.91 Å². The van der Waals surface area contributed by atoms with E-state index >= 15 is 0 Å². The Morgan fingerprint density at radius 1 is 1.31 bits per heavy atom. The summed E-state index contributed by atoms with van der Waals surface area (Å²) in [6, 6.07) is 1.98. The van der Waals surface area contributed by atoms with Crippen LogP contribution in [0.2, 0.25) is 0 Å². The Morgan fingerprint density at radius 3 is 2.08 bits per heavy atom. The summed E-state index contributed by atoms with van der Waals surface area (Å²) in [6.45, 7) is 0.00683. The van der Waals surface area contributed by atoms with Crippen molar-refractivity contribution in [3.8, 4) is 0 Å². The molecule has 4 N–H and O–H groups in total. The van der Waals surface area contributed by atoms with Crippen molar-refractivity contribution < 1.29 is 13.6 Å². The molecule has 0 aliphatic heterocycles. The Morgan fingerprint density at radius 2 is 1.77 bits per heavy atom. The lowest BCUT2D eigenvalue weighted by Gasteiger charge is -2.02. The van der Waals surface area contributed by atoms with Crippen LogP contribution in [0.25, 0.3) is 0 Å². The average molecular weight is 186 g/mol. The van der Waals surface area contributed by atoms with Crippen molar-refractivity contribution in [3.63, 3.8) is 0 Å². The summed E-state index contributed by atoms with van der Waals surface area (Å²) in [5.74, 6) is -3.08. The van der Waals surface area contributed by atoms with Crippen molar-refractivity contribution >= 4 is 5.91 Å². The normalized spacial score (nSPS) is 10.1. The minimum Gasteiger partial charge on any atom is -0.365 e. The molecule has 0 radical (unpaired) electrons. The first-order valence-corrected chi connectivity index (χ1v) is 3.54. The summed E-state index contributed by atoms with van der Waals surface area (Å²) in [6.07, 6.45) is 0. The van der Waals surface area contributed by atoms with Crippen LogP contribution in [0.15, 0.2) is 12.1 Å². The number of rotatable bonds is 2. The van der Waals surface area contributed by atoms with E-state index in [-0.39, 0.29) is 12.1 Å². The van der Waals surface area contributed by atoms with E-state index in [4.69, 9.17) is 11.5 Å². The number of carbonyl (C=O) groups is 1. The van der Waals surface area contributed by atoms with Crippen LogP contribution in [0.4, 0.5) is 8.78 Å². The smallest absolute Gasteiger partial charge is 0.254 e. The average Bonchev–Trinajstić information content (AvgIpc) is 2.02. The third kappa shape index (κ3) is 1.81. The second-order valence-electron chi connectivity index (χ2n) is 2.50. The second kappa shape index (κ2) is 3.49. The highest BCUT2D eigenvalue weighted by Gasteiger charge is 2.15. The quantitative estimate of drug-likeness (QED) is 0.707. The molecule has 5 heteroatoms. The molecule has 0 bridgehead atoms. The molecule has 1 aromatic rings. The van der Waals surface area contributed by atoms with Gasteiger partial charge in [0, 0.05) is 6.54 Å². The first-order valence-electron chi connectivity index (χ1n) is 3.54. The van der Waals surface area contributed by atoms with Crippen LogP contribution in [-0.2, 0) is 6.54 Å². The fourth-order valence-corrected chi connectivity index (χ4v) is 0.979. The highest BCUT2D eigenvalue weighted by molar-refractivity contribution is 5.93. The maximum absolute atomic E-state index is 13.0. The van der Waals surface area contributed by atoms with E-state index in [1.807, 2.05) is 0 Å². The highest BCUT2D eigenvalue weighted by Crippen LogP contribution is 2.14. The molecule has 0 saturated carbocycles. The summed E-state index contributed by atoms with van der Waals surface area (Å²) < 4.78 is 25.9. The number of nitrogens with two attached hydrogens (primary N) is 2. The van der Waals surface area contributed by atoms with Gasteiger partial charge in [-0.1, -0.05) is 0 Å². The zero-order chi connectivity index (χ0) is 10.0. The molecule has 1 aromatic carbocycles. The number of primary amides is 1. The third-order valence-electron chi connectivity index (χ3n) is 1.58. The number of benzene rings is 1. The molecule has 13 heavy (non-hydrogen) atoms. The fraction of sp³-hybridized carbons (Fsp3) is 0.125. The monoisotopic (exact) mass is 186 g/mol. The van der Waals surface area contributed by atoms with Crippen LogP contribution in [0.1, 0.15) is 15.9 Å². The van der Waals surface area contributed by atoms with Crippen molar-refractivity contribution in [1.29, 1.82) is 0 Å². The number of amides is 1. The van der Waals surface area contributed by atoms with Crippen LogP contribution in [0.3, 0.4) is 0 Å². The molecule has 0 aromatic heterocycles. The number of halogens is 2. The molecular formula is C8H8F2N2O. The molecule has 0 unspecified atom stereocenters. The SMILES string of the molecule is NCc1cc(F)c(C(N)=O)c(F)c1. The van der Waals surface area contributed by atoms with Gasteiger partial charge in [0.1, 0.15) is 17.2 Å². The van der Waals surface area contributed by atoms with Gasteiger partial charge in [-0.3, -0.25) is 4.79 Å². The predicted octanol–water partition coefficient (Wildman–Crippen LogP) is 0.522. The minimum absolute atomic E-state index is 0.00683. The third-order valence-corrected chi connectivity index (χ3v) is 1.58. The van der Waals surface area contributed by atoms with Gasteiger partial charge in [-0.2, -0.15) is 0 Å². The van der Waals surface area contributed by atoms with Crippen LogP contribution < -0.4 is 11.5 Å². The standard InChI is InChI=1S/C8H8F2N2O/c9-5-1-4(3-11)2-6(10)7(5)8(12)13/h1-2H,3,11H2,(H2,12,13). The van der Waals surface area contributed by atoms with Crippen molar-refractivity contribution in [3.05, 3.63) is 34.9 Å². The summed E-state index contributed by atoms with van der Waals surface area (Å²) in [5.41, 5.74) is 9.47. The first kappa shape index (κ1) is 9.60. The lowest BCUT2D eigenvalue weighted by molar-refractivity contribution is 0.0992. The van der Waals surface area contributed by atoms with E-state index in [0.29, 0.717) is 0 Å². The maximum Gasteiger partial charge on any atom is 0.254 e. The van der Waals surface area contributed by atoms with E-state index in [0.717, 1.165) is 12.1 Å². The van der Waals surface area contributed by atoms with E-state index in [1.54, 1.807) is 0 Å². The molecule has 0 atom stereocenters. The summed E-state index contributed by atoms with van der Waals surface area (Å²) >= 11 is 0. The second-order valence-corrected chi connectivity index (χ2v) is 2.50. The van der Waals surface area contributed by atoms with Gasteiger partial charge in [0.15, 0.2) is 0 Å². The van der Waals surface area contributed by atoms with E-state index < -0.39 is 23.1 Å². The topological polar surface area (TPSA) is 69.1 Å². The van der Waals surface area contributed by atoms with Crippen LogP contribution >= 0.6 is 0 Å². The van der Waals surface area contributed by atoms with Crippen LogP contribution in [0.5, 0.6) is 0 Å². The molecule has 0 heterocycles. The van der Waals surface area contributed by atoms with Crippen molar-refractivity contribution in [2.75, 3.05) is 0 Å². The summed E-state index contributed by atoms with van der Waals surface area (Å²) in [5, 5.41) is 0. The first-order chi connectivity index (χ1) is 6.06. The van der Waals surface area contributed by atoms with Crippen molar-refractivity contribution in [2.24, 2.45) is 11.5 Å². The number of hydrogen-bond acceptors (Lipinski definition) is 2. The Labute approximate surface area is 73.3 Å². The molecule has 0 fully saturated rings. The zero-order valence-corrected chi connectivity index (χ0v) is 6.68. The molecule has 1 rings (SSSR count). The highest BCUT2D eigenvalue weighted by atomic mass is 19.1. The number of carbonyl (C=O) groups excluding carboxylic acids is 1. The van der Waals surface area contributed by atoms with Gasteiger partial charge < -0.3 is 11.5 Å². The lowest BCUT2D eigenvalue weighted by atomic mass is 10.1. The van der Waals surface area contributed by atoms with Crippen molar-refractivity contribution in [2.45, 2.75) is 6.54 Å². The molecule has 0 aliphatic rings. The lowest BCUT2D eigenvalue weighted by Crippen LogP contribution is -2.16. The Hall–Kier alpha value is -1.49. The van der Waals surface area contributed by atoms with E-state index in [9.17, 15) is 13.6 Å². The Bertz CT molecular complexity index is 329. The van der Waals surface area contributed by atoms with Gasteiger partial charge in [0.05, 0.1) is 0 Å². The van der Waals surface area contributed by atoms with Crippen molar-refractivity contribution in [1.82, 2.24) is 0 Å². The molecule has 70 valence electrons. The van der Waals surface area contributed by atoms with Gasteiger partial charge in [0.2, 0.25) is 0 Å². The Balaban J connectivity index is 3.31. The maximum atomic E-state index is 13.0. The summed E-state index contributed by atoms with van der Waals surface area (Å²) in [4.78, 5) is 10.6. The van der Waals surface area contributed by atoms with Gasteiger partial charge in [0.25, 0.3) is 5.91 Å². The summed E-state index contributed by atoms with van der Waals surface area (Å²) in [7, 11) is 0. The van der Waals surface area contributed by atoms with E-state index in [1.165, 1.54) is 0 Å². The van der Waals surface area contributed by atoms with Gasteiger partial charge >= 0.3 is 0 Å². The predicted molar refractivity (Wildman–Crippen MR) is 42.8 cm³/mol. The molecule has 0 spiro atoms. The zero-order valence-electron chi connectivity index (χ0n) is 6.68. The molecule has 3 nitrogen and oxygen atoms in total.